The topological polar surface area (TPSA) is 88.1 Å². The number of piperazine rings is 1. The molecule has 3 aliphatic heterocycles. The molecule has 0 N–H and O–H groups in total. The Hall–Kier alpha value is -4.09. The largest absolute Gasteiger partial charge is 0.454 e. The minimum absolute atomic E-state index is 0.0712. The van der Waals surface area contributed by atoms with Crippen LogP contribution in [-0.4, -0.2) is 59.3 Å². The van der Waals surface area contributed by atoms with Crippen molar-refractivity contribution in [3.05, 3.63) is 48.3 Å². The first kappa shape index (κ1) is 20.5. The number of rotatable bonds is 2. The average Bonchev–Trinajstić information content (AvgIpc) is 3.39. The van der Waals surface area contributed by atoms with Crippen molar-refractivity contribution in [2.75, 3.05) is 36.2 Å². The maximum atomic E-state index is 13.3. The number of amides is 3. The molecule has 2 aromatic heterocycles. The monoisotopic (exact) mass is 471 g/mol. The molecule has 0 aliphatic carbocycles. The van der Waals surface area contributed by atoms with Gasteiger partial charge in [-0.1, -0.05) is 0 Å². The van der Waals surface area contributed by atoms with Crippen LogP contribution in [0.25, 0.3) is 10.9 Å². The molecule has 0 radical (unpaired) electrons. The summed E-state index contributed by atoms with van der Waals surface area (Å²) in [5, 5.41) is 0.438. The lowest BCUT2D eigenvalue weighted by Gasteiger charge is -2.36. The number of carbonyl (C=O) groups is 2. The van der Waals surface area contributed by atoms with Gasteiger partial charge >= 0.3 is 12.2 Å². The van der Waals surface area contributed by atoms with Crippen LogP contribution in [0.1, 0.15) is 5.69 Å². The molecular formula is C22H16F3N5O4. The Morgan fingerprint density at radius 3 is 2.65 bits per heavy atom. The minimum atomic E-state index is -4.56. The van der Waals surface area contributed by atoms with E-state index in [0.717, 1.165) is 11.0 Å². The van der Waals surface area contributed by atoms with E-state index in [4.69, 9.17) is 9.47 Å². The van der Waals surface area contributed by atoms with Gasteiger partial charge < -0.3 is 19.3 Å². The number of urea groups is 1. The van der Waals surface area contributed by atoms with Gasteiger partial charge in [0.15, 0.2) is 11.5 Å². The van der Waals surface area contributed by atoms with E-state index in [0.29, 0.717) is 34.9 Å². The maximum absolute atomic E-state index is 13.3. The lowest BCUT2D eigenvalue weighted by Crippen LogP contribution is -2.53. The summed E-state index contributed by atoms with van der Waals surface area (Å²) in [5.74, 6) is 1.01. The maximum Gasteiger partial charge on any atom is 0.433 e. The summed E-state index contributed by atoms with van der Waals surface area (Å²) in [6.45, 7) is 0.834. The van der Waals surface area contributed by atoms with Gasteiger partial charge in [-0.2, -0.15) is 13.2 Å². The number of hydrogen-bond acceptors (Lipinski definition) is 7. The van der Waals surface area contributed by atoms with E-state index < -0.39 is 29.9 Å². The molecule has 6 rings (SSSR count). The molecule has 0 saturated carbocycles. The molecule has 2 saturated heterocycles. The summed E-state index contributed by atoms with van der Waals surface area (Å²) in [6, 6.07) is 7.32. The van der Waals surface area contributed by atoms with Crippen LogP contribution in [0.15, 0.2) is 42.6 Å². The summed E-state index contributed by atoms with van der Waals surface area (Å²) in [5.41, 5.74) is -0.455. The molecule has 5 heterocycles. The summed E-state index contributed by atoms with van der Waals surface area (Å²) in [6.07, 6.45) is -3.17. The highest BCUT2D eigenvalue weighted by atomic mass is 19.4. The van der Waals surface area contributed by atoms with Crippen molar-refractivity contribution >= 4 is 34.3 Å². The molecule has 0 spiro atoms. The van der Waals surface area contributed by atoms with Gasteiger partial charge in [0.1, 0.15) is 17.6 Å². The van der Waals surface area contributed by atoms with Crippen molar-refractivity contribution in [1.82, 2.24) is 14.9 Å². The normalized spacial score (nSPS) is 19.9. The second-order valence-electron chi connectivity index (χ2n) is 8.04. The first-order chi connectivity index (χ1) is 16.3. The fraction of sp³-hybridized carbons (Fsp3) is 0.273. The summed E-state index contributed by atoms with van der Waals surface area (Å²) in [7, 11) is 0. The highest BCUT2D eigenvalue weighted by molar-refractivity contribution is 6.21. The number of benzene rings is 1. The average molecular weight is 471 g/mol. The molecule has 1 aromatic carbocycles. The van der Waals surface area contributed by atoms with Gasteiger partial charge in [-0.25, -0.2) is 19.7 Å². The zero-order chi connectivity index (χ0) is 23.6. The Kier molecular flexibility index (Phi) is 4.35. The number of nitrogens with zero attached hydrogens (tertiary/aromatic N) is 5. The van der Waals surface area contributed by atoms with Crippen LogP contribution in [0, 0.1) is 0 Å². The van der Waals surface area contributed by atoms with Crippen LogP contribution in [0.2, 0.25) is 0 Å². The minimum Gasteiger partial charge on any atom is -0.454 e. The van der Waals surface area contributed by atoms with E-state index in [1.165, 1.54) is 23.2 Å². The number of hydrogen-bond donors (Lipinski definition) is 0. The van der Waals surface area contributed by atoms with Gasteiger partial charge in [0.05, 0.1) is 11.2 Å². The second kappa shape index (κ2) is 7.20. The van der Waals surface area contributed by atoms with Crippen molar-refractivity contribution in [1.29, 1.82) is 0 Å². The predicted octanol–water partition coefficient (Wildman–Crippen LogP) is 3.03. The van der Waals surface area contributed by atoms with E-state index in [1.807, 2.05) is 0 Å². The molecule has 12 heteroatoms. The third kappa shape index (κ3) is 3.09. The lowest BCUT2D eigenvalue weighted by molar-refractivity contribution is -0.141. The number of alkyl halides is 3. The zero-order valence-electron chi connectivity index (χ0n) is 17.5. The number of carbonyl (C=O) groups excluding carboxylic acids is 2. The number of aromatic nitrogens is 2. The Labute approximate surface area is 190 Å². The van der Waals surface area contributed by atoms with Gasteiger partial charge in [-0.15, -0.1) is 0 Å². The van der Waals surface area contributed by atoms with Crippen molar-refractivity contribution in [3.8, 4) is 11.5 Å². The van der Waals surface area contributed by atoms with Gasteiger partial charge in [0.25, 0.3) is 5.91 Å². The Morgan fingerprint density at radius 1 is 1.00 bits per heavy atom. The number of anilines is 2. The first-order valence-electron chi connectivity index (χ1n) is 10.4. The van der Waals surface area contributed by atoms with Crippen molar-refractivity contribution in [2.45, 2.75) is 12.2 Å². The fourth-order valence-electron chi connectivity index (χ4n) is 4.50. The van der Waals surface area contributed by atoms with Crippen LogP contribution in [0.3, 0.4) is 0 Å². The van der Waals surface area contributed by atoms with E-state index in [-0.39, 0.29) is 25.4 Å². The number of fused-ring (bicyclic) bond motifs is 3. The van der Waals surface area contributed by atoms with Crippen LogP contribution in [0.4, 0.5) is 29.5 Å². The molecule has 9 nitrogen and oxygen atoms in total. The Bertz CT molecular complexity index is 1350. The third-order valence-electron chi connectivity index (χ3n) is 6.12. The van der Waals surface area contributed by atoms with Crippen molar-refractivity contribution in [2.24, 2.45) is 0 Å². The molecule has 3 amide bonds. The number of imide groups is 1. The second-order valence-corrected chi connectivity index (χ2v) is 8.04. The van der Waals surface area contributed by atoms with Crippen molar-refractivity contribution in [3.63, 3.8) is 0 Å². The molecular weight excluding hydrogens is 455 g/mol. The molecule has 0 bridgehead atoms. The third-order valence-corrected chi connectivity index (χ3v) is 6.12. The molecule has 34 heavy (non-hydrogen) atoms. The van der Waals surface area contributed by atoms with Gasteiger partial charge in [0.2, 0.25) is 6.79 Å². The molecule has 3 aliphatic rings. The molecule has 2 fully saturated rings. The SMILES string of the molecule is O=C1C2CN(c3nccc4nc(C(F)(F)F)ccc34)CCN2C(=O)N1c1ccc2c(c1)OCO2. The predicted molar refractivity (Wildman–Crippen MR) is 113 cm³/mol. The smallest absolute Gasteiger partial charge is 0.433 e. The van der Waals surface area contributed by atoms with Crippen LogP contribution in [-0.2, 0) is 11.0 Å². The Balaban J connectivity index is 1.30. The first-order valence-corrected chi connectivity index (χ1v) is 10.4. The standard InChI is InChI=1S/C22H16F3N5O4/c23-22(24,25)18-4-2-13-14(27-18)5-6-26-19(13)28-7-8-29-15(10-28)20(31)30(21(29)32)12-1-3-16-17(9-12)34-11-33-16/h1-6,9,15H,7-8,10-11H2. The van der Waals surface area contributed by atoms with Gasteiger partial charge in [0, 0.05) is 37.3 Å². The molecule has 3 aromatic rings. The molecule has 174 valence electrons. The Morgan fingerprint density at radius 2 is 1.82 bits per heavy atom. The molecule has 1 atom stereocenters. The highest BCUT2D eigenvalue weighted by Crippen LogP contribution is 2.38. The summed E-state index contributed by atoms with van der Waals surface area (Å²) in [4.78, 5) is 38.8. The fourth-order valence-corrected chi connectivity index (χ4v) is 4.50. The van der Waals surface area contributed by atoms with Gasteiger partial charge in [-0.3, -0.25) is 4.79 Å². The van der Waals surface area contributed by atoms with E-state index >= 15 is 0 Å². The van der Waals surface area contributed by atoms with Crippen LogP contribution >= 0.6 is 0 Å². The summed E-state index contributed by atoms with van der Waals surface area (Å²) < 4.78 is 49.8. The van der Waals surface area contributed by atoms with Gasteiger partial charge in [-0.05, 0) is 30.3 Å². The van der Waals surface area contributed by atoms with E-state index in [2.05, 4.69) is 9.97 Å². The summed E-state index contributed by atoms with van der Waals surface area (Å²) >= 11 is 0. The van der Waals surface area contributed by atoms with E-state index in [9.17, 15) is 22.8 Å². The molecule has 1 unspecified atom stereocenters. The quantitative estimate of drug-likeness (QED) is 0.531. The van der Waals surface area contributed by atoms with Crippen molar-refractivity contribution < 1.29 is 32.2 Å². The number of pyridine rings is 2. The zero-order valence-corrected chi connectivity index (χ0v) is 17.5. The lowest BCUT2D eigenvalue weighted by atomic mass is 10.1. The number of halogens is 3. The van der Waals surface area contributed by atoms with Crippen LogP contribution in [0.5, 0.6) is 11.5 Å². The highest BCUT2D eigenvalue weighted by Gasteiger charge is 2.49. The van der Waals surface area contributed by atoms with E-state index in [1.54, 1.807) is 23.1 Å². The number of ether oxygens (including phenoxy) is 2. The van der Waals surface area contributed by atoms with Crippen LogP contribution < -0.4 is 19.3 Å².